The van der Waals surface area contributed by atoms with Gasteiger partial charge in [0.25, 0.3) is 0 Å². The third-order valence-electron chi connectivity index (χ3n) is 3.35. The van der Waals surface area contributed by atoms with E-state index in [1.54, 1.807) is 37.5 Å². The standard InChI is InChI=1S/C19H14FNO3/c1-23-17-5-3-2-4-14(17)8-11-18-21-16(19(22)24-18)12-13-6-9-15(20)10-7-13/h2-12H,1H3. The van der Waals surface area contributed by atoms with Crippen molar-refractivity contribution in [1.82, 2.24) is 0 Å². The van der Waals surface area contributed by atoms with Gasteiger partial charge in [0.1, 0.15) is 11.6 Å². The number of esters is 1. The second-order valence-electron chi connectivity index (χ2n) is 5.00. The van der Waals surface area contributed by atoms with Crippen molar-refractivity contribution in [2.75, 3.05) is 7.11 Å². The molecular weight excluding hydrogens is 309 g/mol. The number of nitrogens with zero attached hydrogens (tertiary/aromatic N) is 1. The molecule has 0 spiro atoms. The molecule has 3 rings (SSSR count). The van der Waals surface area contributed by atoms with Crippen molar-refractivity contribution < 1.29 is 18.7 Å². The van der Waals surface area contributed by atoms with Gasteiger partial charge in [0.15, 0.2) is 5.70 Å². The van der Waals surface area contributed by atoms with Gasteiger partial charge >= 0.3 is 5.97 Å². The Bertz CT molecular complexity index is 851. The van der Waals surface area contributed by atoms with E-state index in [9.17, 15) is 9.18 Å². The van der Waals surface area contributed by atoms with Gasteiger partial charge in [0.2, 0.25) is 5.90 Å². The van der Waals surface area contributed by atoms with Gasteiger partial charge < -0.3 is 9.47 Å². The van der Waals surface area contributed by atoms with Crippen LogP contribution < -0.4 is 4.74 Å². The number of para-hydroxylation sites is 1. The first kappa shape index (κ1) is 15.7. The summed E-state index contributed by atoms with van der Waals surface area (Å²) < 4.78 is 23.3. The summed E-state index contributed by atoms with van der Waals surface area (Å²) in [4.78, 5) is 16.0. The quantitative estimate of drug-likeness (QED) is 0.634. The van der Waals surface area contributed by atoms with E-state index in [4.69, 9.17) is 9.47 Å². The molecule has 5 heteroatoms. The molecule has 0 atom stereocenters. The van der Waals surface area contributed by atoms with Crippen molar-refractivity contribution >= 4 is 24.0 Å². The second kappa shape index (κ2) is 6.91. The molecule has 0 fully saturated rings. The highest BCUT2D eigenvalue weighted by Gasteiger charge is 2.21. The van der Waals surface area contributed by atoms with Crippen molar-refractivity contribution in [2.24, 2.45) is 4.99 Å². The fourth-order valence-corrected chi connectivity index (χ4v) is 2.18. The largest absolute Gasteiger partial charge is 0.496 e. The SMILES string of the molecule is COc1ccccc1C=CC1=NC(=Cc2ccc(F)cc2)C(=O)O1. The monoisotopic (exact) mass is 323 g/mol. The molecule has 0 unspecified atom stereocenters. The van der Waals surface area contributed by atoms with Crippen LogP contribution >= 0.6 is 0 Å². The maximum Gasteiger partial charge on any atom is 0.363 e. The van der Waals surface area contributed by atoms with Crippen LogP contribution in [-0.2, 0) is 9.53 Å². The van der Waals surface area contributed by atoms with Crippen LogP contribution in [0.2, 0.25) is 0 Å². The third kappa shape index (κ3) is 3.57. The maximum absolute atomic E-state index is 12.9. The summed E-state index contributed by atoms with van der Waals surface area (Å²) >= 11 is 0. The Morgan fingerprint density at radius 3 is 2.58 bits per heavy atom. The molecule has 2 aromatic rings. The van der Waals surface area contributed by atoms with E-state index in [1.807, 2.05) is 24.3 Å². The first-order valence-corrected chi connectivity index (χ1v) is 7.25. The summed E-state index contributed by atoms with van der Waals surface area (Å²) in [7, 11) is 1.59. The number of rotatable bonds is 4. The van der Waals surface area contributed by atoms with Crippen LogP contribution in [0.3, 0.4) is 0 Å². The minimum absolute atomic E-state index is 0.168. The summed E-state index contributed by atoms with van der Waals surface area (Å²) in [5.74, 6) is 0.0223. The molecule has 120 valence electrons. The molecule has 0 bridgehead atoms. The number of methoxy groups -OCH3 is 1. The normalized spacial score (nSPS) is 15.7. The van der Waals surface area contributed by atoms with Gasteiger partial charge in [-0.2, -0.15) is 0 Å². The van der Waals surface area contributed by atoms with Crippen LogP contribution in [0.5, 0.6) is 5.75 Å². The topological polar surface area (TPSA) is 47.9 Å². The Morgan fingerprint density at radius 1 is 1.08 bits per heavy atom. The van der Waals surface area contributed by atoms with E-state index in [0.29, 0.717) is 11.3 Å². The zero-order valence-electron chi connectivity index (χ0n) is 12.9. The zero-order valence-corrected chi connectivity index (χ0v) is 12.9. The molecule has 24 heavy (non-hydrogen) atoms. The highest BCUT2D eigenvalue weighted by molar-refractivity contribution is 6.11. The minimum atomic E-state index is -0.543. The predicted octanol–water partition coefficient (Wildman–Crippen LogP) is 3.84. The van der Waals surface area contributed by atoms with Crippen molar-refractivity contribution in [2.45, 2.75) is 0 Å². The van der Waals surface area contributed by atoms with Gasteiger partial charge in [-0.25, -0.2) is 14.2 Å². The smallest absolute Gasteiger partial charge is 0.363 e. The number of benzene rings is 2. The predicted molar refractivity (Wildman–Crippen MR) is 89.9 cm³/mol. The molecule has 1 aliphatic heterocycles. The molecule has 1 heterocycles. The third-order valence-corrected chi connectivity index (χ3v) is 3.35. The van der Waals surface area contributed by atoms with Gasteiger partial charge in [-0.3, -0.25) is 0 Å². The van der Waals surface area contributed by atoms with E-state index in [0.717, 1.165) is 5.56 Å². The van der Waals surface area contributed by atoms with Crippen LogP contribution in [0, 0.1) is 5.82 Å². The number of aliphatic imine (C=N–C) groups is 1. The van der Waals surface area contributed by atoms with E-state index in [-0.39, 0.29) is 17.4 Å². The van der Waals surface area contributed by atoms with Gasteiger partial charge in [0, 0.05) is 11.6 Å². The highest BCUT2D eigenvalue weighted by Crippen LogP contribution is 2.20. The van der Waals surface area contributed by atoms with Crippen LogP contribution in [0.15, 0.2) is 65.3 Å². The number of halogens is 1. The molecule has 1 aliphatic rings. The lowest BCUT2D eigenvalue weighted by molar-refractivity contribution is -0.129. The Balaban J connectivity index is 1.81. The lowest BCUT2D eigenvalue weighted by Crippen LogP contribution is -2.01. The molecule has 0 aromatic heterocycles. The summed E-state index contributed by atoms with van der Waals surface area (Å²) in [5, 5.41) is 0. The lowest BCUT2D eigenvalue weighted by Gasteiger charge is -2.02. The average molecular weight is 323 g/mol. The first-order valence-electron chi connectivity index (χ1n) is 7.25. The summed E-state index contributed by atoms with van der Waals surface area (Å²) in [6, 6.07) is 13.2. The molecule has 0 radical (unpaired) electrons. The number of carbonyl (C=O) groups excluding carboxylic acids is 1. The van der Waals surface area contributed by atoms with Crippen molar-refractivity contribution in [3.63, 3.8) is 0 Å². The number of ether oxygens (including phenoxy) is 2. The number of hydrogen-bond donors (Lipinski definition) is 0. The summed E-state index contributed by atoms with van der Waals surface area (Å²) in [6.07, 6.45) is 4.90. The van der Waals surface area contributed by atoms with Gasteiger partial charge in [-0.05, 0) is 35.9 Å². The fourth-order valence-electron chi connectivity index (χ4n) is 2.18. The summed E-state index contributed by atoms with van der Waals surface area (Å²) in [6.45, 7) is 0. The molecule has 4 nitrogen and oxygen atoms in total. The second-order valence-corrected chi connectivity index (χ2v) is 5.00. The molecule has 2 aromatic carbocycles. The molecule has 0 aliphatic carbocycles. The van der Waals surface area contributed by atoms with Crippen molar-refractivity contribution in [1.29, 1.82) is 0 Å². The van der Waals surface area contributed by atoms with Gasteiger partial charge in [-0.15, -0.1) is 0 Å². The van der Waals surface area contributed by atoms with Crippen molar-refractivity contribution in [3.05, 3.63) is 77.2 Å². The molecule has 0 saturated heterocycles. The van der Waals surface area contributed by atoms with E-state index in [1.165, 1.54) is 12.1 Å². The van der Waals surface area contributed by atoms with Gasteiger partial charge in [0.05, 0.1) is 7.11 Å². The van der Waals surface area contributed by atoms with E-state index in [2.05, 4.69) is 4.99 Å². The van der Waals surface area contributed by atoms with Crippen LogP contribution in [-0.4, -0.2) is 19.0 Å². The zero-order chi connectivity index (χ0) is 16.9. The maximum atomic E-state index is 12.9. The van der Waals surface area contributed by atoms with Crippen LogP contribution in [0.4, 0.5) is 4.39 Å². The molecule has 0 N–H and O–H groups in total. The average Bonchev–Trinajstić information content (AvgIpc) is 2.95. The Labute approximate surface area is 138 Å². The lowest BCUT2D eigenvalue weighted by atomic mass is 10.2. The number of cyclic esters (lactones) is 1. The Hall–Kier alpha value is -3.21. The molecular formula is C19H14FNO3. The van der Waals surface area contributed by atoms with Crippen LogP contribution in [0.25, 0.3) is 12.2 Å². The van der Waals surface area contributed by atoms with Crippen molar-refractivity contribution in [3.8, 4) is 5.75 Å². The summed E-state index contributed by atoms with van der Waals surface area (Å²) in [5.41, 5.74) is 1.68. The minimum Gasteiger partial charge on any atom is -0.496 e. The highest BCUT2D eigenvalue weighted by atomic mass is 19.1. The Kier molecular flexibility index (Phi) is 4.52. The first-order chi connectivity index (χ1) is 11.7. The number of hydrogen-bond acceptors (Lipinski definition) is 4. The Morgan fingerprint density at radius 2 is 1.83 bits per heavy atom. The van der Waals surface area contributed by atoms with E-state index >= 15 is 0 Å². The molecule has 0 saturated carbocycles. The van der Waals surface area contributed by atoms with Crippen LogP contribution in [0.1, 0.15) is 11.1 Å². The molecule has 0 amide bonds. The fraction of sp³-hybridized carbons (Fsp3) is 0.0526. The van der Waals surface area contributed by atoms with Gasteiger partial charge in [-0.1, -0.05) is 30.3 Å². The number of carbonyl (C=O) groups is 1. The van der Waals surface area contributed by atoms with E-state index < -0.39 is 5.97 Å².